The van der Waals surface area contributed by atoms with Crippen molar-refractivity contribution in [3.63, 3.8) is 0 Å². The topological polar surface area (TPSA) is 107 Å². The first-order valence-corrected chi connectivity index (χ1v) is 9.59. The molecule has 3 rings (SSSR count). The smallest absolute Gasteiger partial charge is 0.325 e. The van der Waals surface area contributed by atoms with E-state index in [1.807, 2.05) is 18.2 Å². The largest absolute Gasteiger partial charge is 0.497 e. The number of esters is 1. The quantitative estimate of drug-likeness (QED) is 0.568. The summed E-state index contributed by atoms with van der Waals surface area (Å²) in [6, 6.07) is 14.2. The van der Waals surface area contributed by atoms with E-state index >= 15 is 0 Å². The number of ether oxygens (including phenoxy) is 2. The Labute approximate surface area is 179 Å². The molecule has 31 heavy (non-hydrogen) atoms. The van der Waals surface area contributed by atoms with Gasteiger partial charge < -0.3 is 20.1 Å². The van der Waals surface area contributed by atoms with Crippen LogP contribution in [0, 0.1) is 6.92 Å². The number of pyridine rings is 1. The van der Waals surface area contributed by atoms with E-state index in [4.69, 9.17) is 4.74 Å². The predicted octanol–water partition coefficient (Wildman–Crippen LogP) is 2.64. The normalized spacial score (nSPS) is 10.4. The molecular weight excluding hydrogens is 398 g/mol. The summed E-state index contributed by atoms with van der Waals surface area (Å²) >= 11 is 0. The number of aromatic nitrogens is 1. The Kier molecular flexibility index (Phi) is 6.81. The van der Waals surface area contributed by atoms with E-state index in [2.05, 4.69) is 20.4 Å². The number of hydrogen-bond acceptors (Lipinski definition) is 6. The zero-order valence-electron chi connectivity index (χ0n) is 17.5. The van der Waals surface area contributed by atoms with Crippen molar-refractivity contribution in [2.45, 2.75) is 13.3 Å². The van der Waals surface area contributed by atoms with Crippen molar-refractivity contribution < 1.29 is 23.9 Å². The highest BCUT2D eigenvalue weighted by molar-refractivity contribution is 6.06. The minimum Gasteiger partial charge on any atom is -0.497 e. The van der Waals surface area contributed by atoms with Gasteiger partial charge in [0.05, 0.1) is 37.4 Å². The summed E-state index contributed by atoms with van der Waals surface area (Å²) in [5, 5.41) is 6.17. The summed E-state index contributed by atoms with van der Waals surface area (Å²) < 4.78 is 9.70. The van der Waals surface area contributed by atoms with Crippen LogP contribution in [0.15, 0.2) is 48.5 Å². The van der Waals surface area contributed by atoms with Gasteiger partial charge in [0, 0.05) is 17.1 Å². The van der Waals surface area contributed by atoms with Gasteiger partial charge in [0.2, 0.25) is 5.91 Å². The van der Waals surface area contributed by atoms with Crippen molar-refractivity contribution in [2.24, 2.45) is 0 Å². The number of aryl methyl sites for hydroxylation is 1. The molecule has 3 aromatic rings. The molecule has 2 amide bonds. The number of benzene rings is 2. The maximum Gasteiger partial charge on any atom is 0.325 e. The number of carbonyl (C=O) groups excluding carboxylic acids is 3. The second kappa shape index (κ2) is 9.71. The first kappa shape index (κ1) is 21.8. The molecule has 2 aromatic carbocycles. The van der Waals surface area contributed by atoms with E-state index in [1.165, 1.54) is 7.11 Å². The Bertz CT molecular complexity index is 1130. The van der Waals surface area contributed by atoms with Crippen molar-refractivity contribution in [1.29, 1.82) is 0 Å². The molecule has 0 radical (unpaired) electrons. The summed E-state index contributed by atoms with van der Waals surface area (Å²) in [5.41, 5.74) is 3.18. The van der Waals surface area contributed by atoms with E-state index in [0.29, 0.717) is 22.7 Å². The number of nitrogens with zero attached hydrogens (tertiary/aromatic N) is 1. The van der Waals surface area contributed by atoms with Crippen LogP contribution in [0.4, 0.5) is 5.69 Å². The Balaban J connectivity index is 1.66. The maximum absolute atomic E-state index is 12.8. The number of carbonyl (C=O) groups is 3. The highest BCUT2D eigenvalue weighted by Crippen LogP contribution is 2.22. The zero-order chi connectivity index (χ0) is 22.4. The number of rotatable bonds is 7. The van der Waals surface area contributed by atoms with Crippen LogP contribution in [0.1, 0.15) is 21.6 Å². The molecule has 0 bridgehead atoms. The van der Waals surface area contributed by atoms with Gasteiger partial charge >= 0.3 is 5.97 Å². The van der Waals surface area contributed by atoms with E-state index in [-0.39, 0.29) is 24.8 Å². The first-order valence-electron chi connectivity index (χ1n) is 9.59. The molecule has 160 valence electrons. The molecule has 0 spiro atoms. The van der Waals surface area contributed by atoms with Crippen LogP contribution in [0.25, 0.3) is 10.9 Å². The van der Waals surface area contributed by atoms with E-state index in [1.54, 1.807) is 44.4 Å². The van der Waals surface area contributed by atoms with Gasteiger partial charge in [-0.2, -0.15) is 0 Å². The Morgan fingerprint density at radius 1 is 1.00 bits per heavy atom. The maximum atomic E-state index is 12.8. The average Bonchev–Trinajstić information content (AvgIpc) is 2.77. The summed E-state index contributed by atoms with van der Waals surface area (Å²) in [7, 11) is 2.85. The number of hydrogen-bond donors (Lipinski definition) is 2. The monoisotopic (exact) mass is 421 g/mol. The van der Waals surface area contributed by atoms with Gasteiger partial charge in [-0.3, -0.25) is 19.4 Å². The molecule has 0 aliphatic carbocycles. The van der Waals surface area contributed by atoms with Gasteiger partial charge in [-0.1, -0.05) is 12.1 Å². The van der Waals surface area contributed by atoms with Crippen LogP contribution in [-0.2, 0) is 20.7 Å². The fourth-order valence-corrected chi connectivity index (χ4v) is 3.00. The zero-order valence-corrected chi connectivity index (χ0v) is 17.5. The number of nitrogens with one attached hydrogen (secondary N) is 2. The predicted molar refractivity (Wildman–Crippen MR) is 116 cm³/mol. The molecule has 8 heteroatoms. The van der Waals surface area contributed by atoms with E-state index in [0.717, 1.165) is 16.5 Å². The number of amides is 2. The third kappa shape index (κ3) is 5.57. The number of anilines is 1. The second-order valence-corrected chi connectivity index (χ2v) is 6.86. The Hall–Kier alpha value is -3.94. The van der Waals surface area contributed by atoms with Crippen LogP contribution in [0.3, 0.4) is 0 Å². The molecule has 2 N–H and O–H groups in total. The van der Waals surface area contributed by atoms with E-state index < -0.39 is 5.97 Å². The summed E-state index contributed by atoms with van der Waals surface area (Å²) in [6.07, 6.45) is 0.113. The van der Waals surface area contributed by atoms with Crippen LogP contribution in [0.2, 0.25) is 0 Å². The third-order valence-electron chi connectivity index (χ3n) is 4.69. The van der Waals surface area contributed by atoms with Crippen LogP contribution < -0.4 is 15.4 Å². The van der Waals surface area contributed by atoms with Gasteiger partial charge in [-0.25, -0.2) is 0 Å². The average molecular weight is 421 g/mol. The highest BCUT2D eigenvalue weighted by Gasteiger charge is 2.13. The van der Waals surface area contributed by atoms with Crippen molar-refractivity contribution in [2.75, 3.05) is 26.1 Å². The van der Waals surface area contributed by atoms with Gasteiger partial charge in [0.1, 0.15) is 12.3 Å². The molecule has 0 saturated carbocycles. The summed E-state index contributed by atoms with van der Waals surface area (Å²) in [4.78, 5) is 40.2. The summed E-state index contributed by atoms with van der Waals surface area (Å²) in [5.74, 6) is -0.373. The molecule has 0 aliphatic rings. The number of fused-ring (bicyclic) bond motifs is 1. The Morgan fingerprint density at radius 2 is 1.74 bits per heavy atom. The van der Waals surface area contributed by atoms with Crippen molar-refractivity contribution in [1.82, 2.24) is 10.3 Å². The Morgan fingerprint density at radius 3 is 2.42 bits per heavy atom. The molecular formula is C23H23N3O5. The SMILES string of the molecule is COC(=O)CNC(=O)Cc1ccc(NC(=O)c2cc3ccc(OC)cc3nc2C)cc1. The van der Waals surface area contributed by atoms with Crippen molar-refractivity contribution >= 4 is 34.4 Å². The molecule has 1 aromatic heterocycles. The minimum atomic E-state index is -0.510. The van der Waals surface area contributed by atoms with Crippen LogP contribution in [-0.4, -0.2) is 43.5 Å². The fourth-order valence-electron chi connectivity index (χ4n) is 3.00. The summed E-state index contributed by atoms with van der Waals surface area (Å²) in [6.45, 7) is 1.61. The first-order chi connectivity index (χ1) is 14.9. The molecule has 0 unspecified atom stereocenters. The van der Waals surface area contributed by atoms with Crippen LogP contribution >= 0.6 is 0 Å². The lowest BCUT2D eigenvalue weighted by atomic mass is 10.1. The van der Waals surface area contributed by atoms with Crippen molar-refractivity contribution in [3.05, 3.63) is 65.4 Å². The molecule has 0 aliphatic heterocycles. The molecule has 0 fully saturated rings. The van der Waals surface area contributed by atoms with Gasteiger partial charge in [0.15, 0.2) is 0 Å². The number of methoxy groups -OCH3 is 2. The molecule has 0 saturated heterocycles. The standard InChI is InChI=1S/C23H23N3O5/c1-14-19(11-16-6-9-18(30-2)12-20(16)25-14)23(29)26-17-7-4-15(5-8-17)10-21(27)24-13-22(28)31-3/h4-9,11-12H,10,13H2,1-3H3,(H,24,27)(H,26,29). The van der Waals surface area contributed by atoms with Crippen LogP contribution in [0.5, 0.6) is 5.75 Å². The van der Waals surface area contributed by atoms with Gasteiger partial charge in [-0.05, 0) is 42.8 Å². The molecule has 1 heterocycles. The third-order valence-corrected chi connectivity index (χ3v) is 4.69. The fraction of sp³-hybridized carbons (Fsp3) is 0.217. The van der Waals surface area contributed by atoms with E-state index in [9.17, 15) is 14.4 Å². The lowest BCUT2D eigenvalue weighted by Crippen LogP contribution is -2.31. The lowest BCUT2D eigenvalue weighted by molar-refractivity contribution is -0.141. The van der Waals surface area contributed by atoms with Gasteiger partial charge in [0.25, 0.3) is 5.91 Å². The minimum absolute atomic E-state index is 0.113. The lowest BCUT2D eigenvalue weighted by Gasteiger charge is -2.10. The second-order valence-electron chi connectivity index (χ2n) is 6.86. The highest BCUT2D eigenvalue weighted by atomic mass is 16.5. The molecule has 0 atom stereocenters. The van der Waals surface area contributed by atoms with Crippen molar-refractivity contribution in [3.8, 4) is 5.75 Å². The molecule has 8 nitrogen and oxygen atoms in total. The van der Waals surface area contributed by atoms with Gasteiger partial charge in [-0.15, -0.1) is 0 Å².